The van der Waals surface area contributed by atoms with E-state index in [2.05, 4.69) is 6.58 Å². The van der Waals surface area contributed by atoms with E-state index in [4.69, 9.17) is 5.11 Å². The van der Waals surface area contributed by atoms with Crippen molar-refractivity contribution in [2.75, 3.05) is 6.61 Å². The summed E-state index contributed by atoms with van der Waals surface area (Å²) in [6, 6.07) is 0. The van der Waals surface area contributed by atoms with Gasteiger partial charge >= 0.3 is 0 Å². The van der Waals surface area contributed by atoms with Gasteiger partial charge in [-0.2, -0.15) is 0 Å². The van der Waals surface area contributed by atoms with Gasteiger partial charge in [-0.05, 0) is 25.7 Å². The fourth-order valence-electron chi connectivity index (χ4n) is 1.30. The third-order valence-corrected chi connectivity index (χ3v) is 2.25. The molecule has 0 aliphatic heterocycles. The molecule has 0 aromatic heterocycles. The van der Waals surface area contributed by atoms with Gasteiger partial charge < -0.3 is 15.3 Å². The maximum absolute atomic E-state index is 9.59. The third-order valence-electron chi connectivity index (χ3n) is 2.25. The van der Waals surface area contributed by atoms with Crippen molar-refractivity contribution >= 4 is 0 Å². The SMILES string of the molecule is C=C/C=C/CC[C@@H](O)[C@H](O)CC/C=C/CO. The highest BCUT2D eigenvalue weighted by Gasteiger charge is 2.13. The van der Waals surface area contributed by atoms with Crippen molar-refractivity contribution in [3.63, 3.8) is 0 Å². The van der Waals surface area contributed by atoms with Crippen LogP contribution in [0.3, 0.4) is 0 Å². The topological polar surface area (TPSA) is 60.7 Å². The van der Waals surface area contributed by atoms with E-state index in [0.29, 0.717) is 19.3 Å². The first-order valence-corrected chi connectivity index (χ1v) is 5.62. The van der Waals surface area contributed by atoms with Crippen LogP contribution in [0.2, 0.25) is 0 Å². The van der Waals surface area contributed by atoms with E-state index in [9.17, 15) is 10.2 Å². The molecule has 0 bridgehead atoms. The van der Waals surface area contributed by atoms with E-state index in [0.717, 1.165) is 6.42 Å². The second-order valence-electron chi connectivity index (χ2n) is 3.61. The van der Waals surface area contributed by atoms with Crippen LogP contribution in [0.25, 0.3) is 0 Å². The molecule has 3 heteroatoms. The van der Waals surface area contributed by atoms with E-state index in [1.54, 1.807) is 18.2 Å². The quantitative estimate of drug-likeness (QED) is 0.413. The lowest BCUT2D eigenvalue weighted by molar-refractivity contribution is 0.0111. The van der Waals surface area contributed by atoms with Crippen LogP contribution in [0.15, 0.2) is 37.0 Å². The van der Waals surface area contributed by atoms with Crippen LogP contribution in [0.4, 0.5) is 0 Å². The van der Waals surface area contributed by atoms with Gasteiger partial charge in [0, 0.05) is 0 Å². The van der Waals surface area contributed by atoms with Crippen LogP contribution in [0.5, 0.6) is 0 Å². The van der Waals surface area contributed by atoms with Gasteiger partial charge in [0.05, 0.1) is 18.8 Å². The van der Waals surface area contributed by atoms with Crippen molar-refractivity contribution in [3.05, 3.63) is 37.0 Å². The second kappa shape index (κ2) is 10.6. The highest BCUT2D eigenvalue weighted by Crippen LogP contribution is 2.09. The maximum atomic E-state index is 9.59. The fourth-order valence-corrected chi connectivity index (χ4v) is 1.30. The second-order valence-corrected chi connectivity index (χ2v) is 3.61. The van der Waals surface area contributed by atoms with Crippen LogP contribution in [-0.2, 0) is 0 Å². The highest BCUT2D eigenvalue weighted by atomic mass is 16.3. The van der Waals surface area contributed by atoms with Gasteiger partial charge in [0.1, 0.15) is 0 Å². The molecule has 0 fully saturated rings. The minimum atomic E-state index is -0.694. The van der Waals surface area contributed by atoms with Gasteiger partial charge in [0.25, 0.3) is 0 Å². The molecule has 3 nitrogen and oxygen atoms in total. The monoisotopic (exact) mass is 226 g/mol. The van der Waals surface area contributed by atoms with E-state index in [1.807, 2.05) is 12.2 Å². The lowest BCUT2D eigenvalue weighted by Crippen LogP contribution is -2.25. The molecule has 92 valence electrons. The lowest BCUT2D eigenvalue weighted by atomic mass is 10.0. The molecule has 16 heavy (non-hydrogen) atoms. The zero-order valence-electron chi connectivity index (χ0n) is 9.63. The van der Waals surface area contributed by atoms with Crippen molar-refractivity contribution in [2.24, 2.45) is 0 Å². The van der Waals surface area contributed by atoms with Gasteiger partial charge in [-0.3, -0.25) is 0 Å². The molecule has 3 N–H and O–H groups in total. The molecule has 0 saturated heterocycles. The maximum Gasteiger partial charge on any atom is 0.0802 e. The highest BCUT2D eigenvalue weighted by molar-refractivity contribution is 4.97. The first-order chi connectivity index (χ1) is 7.72. The minimum Gasteiger partial charge on any atom is -0.392 e. The van der Waals surface area contributed by atoms with E-state index in [-0.39, 0.29) is 6.61 Å². The molecule has 0 rings (SSSR count). The molecule has 0 radical (unpaired) electrons. The summed E-state index contributed by atoms with van der Waals surface area (Å²) < 4.78 is 0. The minimum absolute atomic E-state index is 0.0188. The van der Waals surface area contributed by atoms with Crippen LogP contribution < -0.4 is 0 Å². The van der Waals surface area contributed by atoms with Crippen molar-refractivity contribution in [2.45, 2.75) is 37.9 Å². The first kappa shape index (κ1) is 15.1. The Morgan fingerprint density at radius 3 is 2.00 bits per heavy atom. The lowest BCUT2D eigenvalue weighted by Gasteiger charge is -2.16. The number of aliphatic hydroxyl groups excluding tert-OH is 3. The standard InChI is InChI=1S/C13H22O3/c1-2-3-4-6-9-12(15)13(16)10-7-5-8-11-14/h2-5,8,12-16H,1,6-7,9-11H2/b4-3+,8-5+/t12-,13-/m1/s1. The average Bonchev–Trinajstić information content (AvgIpc) is 2.29. The predicted molar refractivity (Wildman–Crippen MR) is 66.0 cm³/mol. The summed E-state index contributed by atoms with van der Waals surface area (Å²) >= 11 is 0. The molecule has 0 aromatic rings. The summed E-state index contributed by atoms with van der Waals surface area (Å²) in [6.07, 6.45) is 9.94. The van der Waals surface area contributed by atoms with Crippen molar-refractivity contribution in [1.29, 1.82) is 0 Å². The molecule has 0 heterocycles. The number of rotatable bonds is 9. The normalized spacial score (nSPS) is 15.7. The predicted octanol–water partition coefficient (Wildman–Crippen LogP) is 1.56. The first-order valence-electron chi connectivity index (χ1n) is 5.62. The largest absolute Gasteiger partial charge is 0.392 e. The average molecular weight is 226 g/mol. The summed E-state index contributed by atoms with van der Waals surface area (Å²) in [5, 5.41) is 27.7. The summed E-state index contributed by atoms with van der Waals surface area (Å²) in [5.41, 5.74) is 0. The Kier molecular flexibility index (Phi) is 10.0. The molecule has 2 atom stereocenters. The van der Waals surface area contributed by atoms with Crippen LogP contribution in [0.1, 0.15) is 25.7 Å². The summed E-state index contributed by atoms with van der Waals surface area (Å²) in [4.78, 5) is 0. The van der Waals surface area contributed by atoms with E-state index >= 15 is 0 Å². The van der Waals surface area contributed by atoms with Crippen LogP contribution in [0, 0.1) is 0 Å². The van der Waals surface area contributed by atoms with Crippen molar-refractivity contribution < 1.29 is 15.3 Å². The Labute approximate surface area is 97.4 Å². The van der Waals surface area contributed by atoms with Gasteiger partial charge in [-0.15, -0.1) is 0 Å². The molecule has 0 amide bonds. The van der Waals surface area contributed by atoms with Crippen LogP contribution >= 0.6 is 0 Å². The molecule has 0 aromatic carbocycles. The molecule has 0 saturated carbocycles. The Balaban J connectivity index is 3.63. The number of hydrogen-bond acceptors (Lipinski definition) is 3. The molecule has 0 aliphatic carbocycles. The molecule has 0 aliphatic rings. The smallest absolute Gasteiger partial charge is 0.0802 e. The Morgan fingerprint density at radius 2 is 1.50 bits per heavy atom. The number of hydrogen-bond donors (Lipinski definition) is 3. The van der Waals surface area contributed by atoms with Crippen molar-refractivity contribution in [3.8, 4) is 0 Å². The number of allylic oxidation sites excluding steroid dienone is 4. The Bertz CT molecular complexity index is 221. The number of aliphatic hydroxyl groups is 3. The van der Waals surface area contributed by atoms with E-state index in [1.165, 1.54) is 0 Å². The zero-order valence-corrected chi connectivity index (χ0v) is 9.63. The van der Waals surface area contributed by atoms with Gasteiger partial charge in [0.15, 0.2) is 0 Å². The molecular formula is C13H22O3. The van der Waals surface area contributed by atoms with Gasteiger partial charge in [-0.1, -0.05) is 37.0 Å². The van der Waals surface area contributed by atoms with Gasteiger partial charge in [-0.25, -0.2) is 0 Å². The third kappa shape index (κ3) is 8.41. The molecule has 0 unspecified atom stereocenters. The molecular weight excluding hydrogens is 204 g/mol. The van der Waals surface area contributed by atoms with Gasteiger partial charge in [0.2, 0.25) is 0 Å². The summed E-state index contributed by atoms with van der Waals surface area (Å²) in [7, 11) is 0. The molecule has 0 spiro atoms. The van der Waals surface area contributed by atoms with Crippen LogP contribution in [-0.4, -0.2) is 34.1 Å². The zero-order chi connectivity index (χ0) is 12.2. The van der Waals surface area contributed by atoms with E-state index < -0.39 is 12.2 Å². The fraction of sp³-hybridized carbons (Fsp3) is 0.538. The van der Waals surface area contributed by atoms with Crippen molar-refractivity contribution in [1.82, 2.24) is 0 Å². The summed E-state index contributed by atoms with van der Waals surface area (Å²) in [6.45, 7) is 3.56. The Morgan fingerprint density at radius 1 is 0.938 bits per heavy atom. The Hall–Kier alpha value is -0.900. The summed E-state index contributed by atoms with van der Waals surface area (Å²) in [5.74, 6) is 0.